The molecule has 5 aliphatic rings. The molecule has 1 spiro atoms. The van der Waals surface area contributed by atoms with Gasteiger partial charge in [-0.2, -0.15) is 0 Å². The molecule has 5 heteroatoms. The molecule has 0 radical (unpaired) electrons. The second-order valence-electron chi connectivity index (χ2n) is 13.6. The number of carbonyl (C=O) groups excluding carboxylic acids is 1. The number of fused-ring (bicyclic) bond motifs is 6. The molecule has 210 valence electrons. The van der Waals surface area contributed by atoms with Gasteiger partial charge in [0.1, 0.15) is 6.10 Å². The molecule has 1 heterocycles. The summed E-state index contributed by atoms with van der Waals surface area (Å²) < 4.78 is 65.7. The standard InChI is InChI=1S/C32H52O5/c1-19(2)20(3)16-28(34)21(4)25-8-9-26-24-18-32(35-14-15-36-32)29-17-23(37-22(5)33)10-12-31(29,7)27(24)11-13-30(25,26)6/h16,19,21,23-29,34H,8-15,17-18H2,1-7H3/b20-16+/t21-,23-,24-,25+,26-,27-,28-,29?,30+,31+/m0/s1/i1D3,2D3. The van der Waals surface area contributed by atoms with Gasteiger partial charge in [0.25, 0.3) is 0 Å². The van der Waals surface area contributed by atoms with E-state index >= 15 is 0 Å². The Hall–Kier alpha value is -0.910. The molecule has 1 aliphatic heterocycles. The molecule has 0 amide bonds. The van der Waals surface area contributed by atoms with Gasteiger partial charge >= 0.3 is 5.97 Å². The Kier molecular flexibility index (Phi) is 5.61. The SMILES string of the molecule is [2H]C([2H])([2H])C(/C(C)=C/[C@H](O)[C@@H](C)[C@H]1CC[C@H]2[C@@H]3CC4(OCCO4)C4C[C@@H](OC(C)=O)CC[C@]4(C)[C@H]3CC[C@]12C)C([2H])([2H])[2H]. The number of carbonyl (C=O) groups is 1. The predicted octanol–water partition coefficient (Wildman–Crippen LogP) is 6.53. The quantitative estimate of drug-likeness (QED) is 0.328. The zero-order chi connectivity index (χ0) is 31.8. The lowest BCUT2D eigenvalue weighted by Gasteiger charge is -2.65. The van der Waals surface area contributed by atoms with Gasteiger partial charge in [-0.3, -0.25) is 4.79 Å². The van der Waals surface area contributed by atoms with E-state index in [1.165, 1.54) is 19.9 Å². The Morgan fingerprint density at radius 2 is 1.73 bits per heavy atom. The van der Waals surface area contributed by atoms with Crippen molar-refractivity contribution in [2.45, 2.75) is 118 Å². The summed E-state index contributed by atoms with van der Waals surface area (Å²) in [4.78, 5) is 11.8. The molecule has 0 aromatic rings. The number of aliphatic hydroxyl groups excluding tert-OH is 1. The van der Waals surface area contributed by atoms with Gasteiger partial charge in [0.2, 0.25) is 0 Å². The van der Waals surface area contributed by atoms with Crippen LogP contribution in [0.5, 0.6) is 0 Å². The molecule has 5 rings (SSSR count). The highest BCUT2D eigenvalue weighted by Gasteiger charge is 2.68. The number of aliphatic hydroxyl groups is 1. The van der Waals surface area contributed by atoms with Crippen LogP contribution in [-0.2, 0) is 19.0 Å². The number of hydrogen-bond acceptors (Lipinski definition) is 5. The normalized spacial score (nSPS) is 47.8. The maximum atomic E-state index is 11.8. The first kappa shape index (κ1) is 20.9. The van der Waals surface area contributed by atoms with Gasteiger partial charge in [-0.1, -0.05) is 46.1 Å². The predicted molar refractivity (Wildman–Crippen MR) is 145 cm³/mol. The maximum absolute atomic E-state index is 11.8. The highest BCUT2D eigenvalue weighted by molar-refractivity contribution is 5.66. The zero-order valence-corrected chi connectivity index (χ0v) is 23.4. The van der Waals surface area contributed by atoms with E-state index in [2.05, 4.69) is 13.8 Å². The molecule has 37 heavy (non-hydrogen) atoms. The summed E-state index contributed by atoms with van der Waals surface area (Å²) >= 11 is 0. The third-order valence-corrected chi connectivity index (χ3v) is 11.9. The van der Waals surface area contributed by atoms with Crippen molar-refractivity contribution in [3.05, 3.63) is 11.6 Å². The first-order chi connectivity index (χ1) is 19.8. The Bertz CT molecular complexity index is 1070. The molecule has 0 aromatic carbocycles. The molecule has 4 saturated carbocycles. The summed E-state index contributed by atoms with van der Waals surface area (Å²) in [6.07, 6.45) is 8.10. The number of esters is 1. The van der Waals surface area contributed by atoms with Crippen molar-refractivity contribution in [3.8, 4) is 0 Å². The molecule has 5 nitrogen and oxygen atoms in total. The van der Waals surface area contributed by atoms with Crippen LogP contribution in [0.3, 0.4) is 0 Å². The second-order valence-corrected chi connectivity index (χ2v) is 13.6. The van der Waals surface area contributed by atoms with Gasteiger partial charge in [0.05, 0.1) is 19.3 Å². The van der Waals surface area contributed by atoms with Crippen LogP contribution < -0.4 is 0 Å². The molecule has 0 bridgehead atoms. The smallest absolute Gasteiger partial charge is 0.302 e. The van der Waals surface area contributed by atoms with Crippen LogP contribution in [0.2, 0.25) is 0 Å². The average molecular weight is 523 g/mol. The van der Waals surface area contributed by atoms with Crippen molar-refractivity contribution in [3.63, 3.8) is 0 Å². The molecule has 1 N–H and O–H groups in total. The summed E-state index contributed by atoms with van der Waals surface area (Å²) in [5.41, 5.74) is 0.221. The third kappa shape index (κ3) is 4.53. The first-order valence-corrected chi connectivity index (χ1v) is 14.6. The number of allylic oxidation sites excluding steroid dienone is 1. The monoisotopic (exact) mass is 522 g/mol. The van der Waals surface area contributed by atoms with E-state index in [1.54, 1.807) is 0 Å². The highest BCUT2D eigenvalue weighted by Crippen LogP contribution is 2.71. The van der Waals surface area contributed by atoms with Crippen molar-refractivity contribution in [2.75, 3.05) is 13.2 Å². The van der Waals surface area contributed by atoms with Crippen LogP contribution in [0, 0.1) is 52.3 Å². The molecule has 4 aliphatic carbocycles. The van der Waals surface area contributed by atoms with Crippen molar-refractivity contribution in [1.29, 1.82) is 0 Å². The Balaban J connectivity index is 1.39. The minimum absolute atomic E-state index is 0.00526. The van der Waals surface area contributed by atoms with Crippen molar-refractivity contribution < 1.29 is 32.3 Å². The van der Waals surface area contributed by atoms with Gasteiger partial charge in [0, 0.05) is 27.5 Å². The van der Waals surface area contributed by atoms with E-state index in [4.69, 9.17) is 22.4 Å². The fourth-order valence-corrected chi connectivity index (χ4v) is 10.1. The summed E-state index contributed by atoms with van der Waals surface area (Å²) in [6.45, 7) is 5.66. The van der Waals surface area contributed by atoms with Gasteiger partial charge in [-0.25, -0.2) is 0 Å². The summed E-state index contributed by atoms with van der Waals surface area (Å²) in [5.74, 6) is -0.850. The molecule has 5 fully saturated rings. The zero-order valence-electron chi connectivity index (χ0n) is 29.4. The van der Waals surface area contributed by atoms with E-state index in [-0.39, 0.29) is 46.2 Å². The number of hydrogen-bond donors (Lipinski definition) is 1. The highest BCUT2D eigenvalue weighted by atomic mass is 16.7. The molecule has 10 atom stereocenters. The number of rotatable bonds is 5. The van der Waals surface area contributed by atoms with E-state index in [0.29, 0.717) is 31.0 Å². The lowest BCUT2D eigenvalue weighted by atomic mass is 9.43. The molecule has 1 saturated heterocycles. The van der Waals surface area contributed by atoms with Crippen molar-refractivity contribution in [2.24, 2.45) is 52.3 Å². The largest absolute Gasteiger partial charge is 0.463 e. The maximum Gasteiger partial charge on any atom is 0.302 e. The van der Waals surface area contributed by atoms with Crippen LogP contribution in [-0.4, -0.2) is 42.3 Å². The average Bonchev–Trinajstić information content (AvgIpc) is 3.47. The first-order valence-electron chi connectivity index (χ1n) is 17.6. The van der Waals surface area contributed by atoms with Crippen LogP contribution in [0.1, 0.15) is 108 Å². The minimum atomic E-state index is -2.68. The lowest BCUT2D eigenvalue weighted by molar-refractivity contribution is -0.298. The fourth-order valence-electron chi connectivity index (χ4n) is 10.1. The van der Waals surface area contributed by atoms with Crippen LogP contribution in [0.15, 0.2) is 11.6 Å². The van der Waals surface area contributed by atoms with Gasteiger partial charge in [-0.05, 0) is 98.2 Å². The molecular weight excluding hydrogens is 464 g/mol. The molecule has 1 unspecified atom stereocenters. The topological polar surface area (TPSA) is 65.0 Å². The lowest BCUT2D eigenvalue weighted by Crippen LogP contribution is -2.63. The van der Waals surface area contributed by atoms with E-state index in [1.807, 2.05) is 6.92 Å². The van der Waals surface area contributed by atoms with Crippen LogP contribution in [0.4, 0.5) is 0 Å². The van der Waals surface area contributed by atoms with Crippen molar-refractivity contribution >= 4 is 5.97 Å². The van der Waals surface area contributed by atoms with Crippen LogP contribution >= 0.6 is 0 Å². The van der Waals surface area contributed by atoms with Gasteiger partial charge in [0.15, 0.2) is 5.79 Å². The van der Waals surface area contributed by atoms with E-state index in [0.717, 1.165) is 51.4 Å². The van der Waals surface area contributed by atoms with Crippen LogP contribution in [0.25, 0.3) is 0 Å². The number of ether oxygens (including phenoxy) is 3. The van der Waals surface area contributed by atoms with Gasteiger partial charge < -0.3 is 19.3 Å². The summed E-state index contributed by atoms with van der Waals surface area (Å²) in [6, 6.07) is 0. The van der Waals surface area contributed by atoms with Gasteiger partial charge in [-0.15, -0.1) is 0 Å². The second kappa shape index (κ2) is 9.93. The Labute approximate surface area is 233 Å². The van der Waals surface area contributed by atoms with Crippen molar-refractivity contribution in [1.82, 2.24) is 0 Å². The Morgan fingerprint density at radius 1 is 1.05 bits per heavy atom. The van der Waals surface area contributed by atoms with E-state index in [9.17, 15) is 9.90 Å². The Morgan fingerprint density at radius 3 is 2.41 bits per heavy atom. The fraction of sp³-hybridized carbons (Fsp3) is 0.906. The molecular formula is C32H52O5. The minimum Gasteiger partial charge on any atom is -0.463 e. The molecule has 0 aromatic heterocycles. The third-order valence-electron chi connectivity index (χ3n) is 11.9. The summed E-state index contributed by atoms with van der Waals surface area (Å²) in [7, 11) is 0. The van der Waals surface area contributed by atoms with E-state index < -0.39 is 31.5 Å². The summed E-state index contributed by atoms with van der Waals surface area (Å²) in [5, 5.41) is 11.4.